The molecular formula is C70H46N2. The summed E-state index contributed by atoms with van der Waals surface area (Å²) in [6.07, 6.45) is 0. The van der Waals surface area contributed by atoms with E-state index >= 15 is 0 Å². The van der Waals surface area contributed by atoms with Crippen LogP contribution in [0.5, 0.6) is 0 Å². The molecule has 0 aliphatic rings. The third kappa shape index (κ3) is 6.80. The highest BCUT2D eigenvalue weighted by molar-refractivity contribution is 6.22. The fourth-order valence-electron chi connectivity index (χ4n) is 11.5. The molecule has 72 heavy (non-hydrogen) atoms. The smallest absolute Gasteiger partial charge is 0.0619 e. The number of fused-ring (bicyclic) bond motifs is 9. The summed E-state index contributed by atoms with van der Waals surface area (Å²) in [5.41, 5.74) is 16.4. The molecule has 0 bridgehead atoms. The molecule has 0 radical (unpaired) electrons. The van der Waals surface area contributed by atoms with Gasteiger partial charge >= 0.3 is 0 Å². The molecule has 0 N–H and O–H groups in total. The highest BCUT2D eigenvalue weighted by atomic mass is 15.1. The SMILES string of the molecule is c1ccc(-c2c(-c3ccccc3)c3cc(-c4cccc(N(c5ccc(-c6cccc7c8ccccc8n(-c8ccccc8)c67)cc5)c5cccc6c5ccc5ccccc56)c4)ccc3c3ccccc23)cc1. The molecule has 0 aliphatic carbocycles. The second-order valence-electron chi connectivity index (χ2n) is 18.8. The summed E-state index contributed by atoms with van der Waals surface area (Å²) in [5.74, 6) is 0. The second kappa shape index (κ2) is 17.2. The molecule has 336 valence electrons. The van der Waals surface area contributed by atoms with E-state index in [9.17, 15) is 0 Å². The lowest BCUT2D eigenvalue weighted by atomic mass is 9.84. The molecule has 13 aromatic carbocycles. The minimum Gasteiger partial charge on any atom is -0.310 e. The Kier molecular flexibility index (Phi) is 9.89. The first-order chi connectivity index (χ1) is 35.7. The first-order valence-corrected chi connectivity index (χ1v) is 24.8. The highest BCUT2D eigenvalue weighted by Gasteiger charge is 2.22. The van der Waals surface area contributed by atoms with E-state index in [0.29, 0.717) is 0 Å². The zero-order valence-corrected chi connectivity index (χ0v) is 39.5. The van der Waals surface area contributed by atoms with E-state index < -0.39 is 0 Å². The molecule has 0 spiro atoms. The molecule has 0 amide bonds. The average molecular weight is 915 g/mol. The van der Waals surface area contributed by atoms with Crippen molar-refractivity contribution in [1.82, 2.24) is 4.57 Å². The van der Waals surface area contributed by atoms with Gasteiger partial charge in [0.1, 0.15) is 0 Å². The van der Waals surface area contributed by atoms with Crippen LogP contribution in [0.2, 0.25) is 0 Å². The number of anilines is 3. The van der Waals surface area contributed by atoms with Crippen LogP contribution in [0.3, 0.4) is 0 Å². The fraction of sp³-hybridized carbons (Fsp3) is 0. The van der Waals surface area contributed by atoms with Crippen molar-refractivity contribution < 1.29 is 0 Å². The predicted molar refractivity (Wildman–Crippen MR) is 307 cm³/mol. The van der Waals surface area contributed by atoms with E-state index in [0.717, 1.165) is 39.4 Å². The molecule has 2 heteroatoms. The maximum absolute atomic E-state index is 2.45. The van der Waals surface area contributed by atoms with Crippen molar-refractivity contribution in [3.05, 3.63) is 279 Å². The van der Waals surface area contributed by atoms with E-state index in [1.807, 2.05) is 0 Å². The normalized spacial score (nSPS) is 11.6. The van der Waals surface area contributed by atoms with Crippen molar-refractivity contribution in [2.24, 2.45) is 0 Å². The van der Waals surface area contributed by atoms with Gasteiger partial charge in [-0.1, -0.05) is 224 Å². The molecule has 0 saturated heterocycles. The van der Waals surface area contributed by atoms with Crippen molar-refractivity contribution >= 4 is 82.0 Å². The summed E-state index contributed by atoms with van der Waals surface area (Å²) in [6, 6.07) is 102. The van der Waals surface area contributed by atoms with E-state index in [4.69, 9.17) is 0 Å². The Balaban J connectivity index is 0.961. The lowest BCUT2D eigenvalue weighted by molar-refractivity contribution is 1.18. The summed E-state index contributed by atoms with van der Waals surface area (Å²) in [5, 5.41) is 12.4. The van der Waals surface area contributed by atoms with Gasteiger partial charge in [-0.15, -0.1) is 0 Å². The van der Waals surface area contributed by atoms with Crippen LogP contribution >= 0.6 is 0 Å². The largest absolute Gasteiger partial charge is 0.310 e. The number of nitrogens with zero attached hydrogens (tertiary/aromatic N) is 2. The first-order valence-electron chi connectivity index (χ1n) is 24.8. The fourth-order valence-corrected chi connectivity index (χ4v) is 11.5. The van der Waals surface area contributed by atoms with Gasteiger partial charge in [-0.3, -0.25) is 0 Å². The highest BCUT2D eigenvalue weighted by Crippen LogP contribution is 2.47. The van der Waals surface area contributed by atoms with Crippen LogP contribution in [0.1, 0.15) is 0 Å². The number of benzene rings is 13. The second-order valence-corrected chi connectivity index (χ2v) is 18.8. The van der Waals surface area contributed by atoms with Crippen molar-refractivity contribution in [3.63, 3.8) is 0 Å². The minimum atomic E-state index is 1.08. The van der Waals surface area contributed by atoms with Crippen LogP contribution in [0.25, 0.3) is 115 Å². The van der Waals surface area contributed by atoms with Gasteiger partial charge in [-0.25, -0.2) is 0 Å². The van der Waals surface area contributed by atoms with Gasteiger partial charge in [0, 0.05) is 38.8 Å². The number of rotatable bonds is 8. The van der Waals surface area contributed by atoms with Crippen LogP contribution in [0.15, 0.2) is 279 Å². The summed E-state index contributed by atoms with van der Waals surface area (Å²) in [7, 11) is 0. The zero-order chi connectivity index (χ0) is 47.5. The van der Waals surface area contributed by atoms with Gasteiger partial charge in [0.15, 0.2) is 0 Å². The van der Waals surface area contributed by atoms with Gasteiger partial charge in [0.25, 0.3) is 0 Å². The maximum Gasteiger partial charge on any atom is 0.0619 e. The third-order valence-corrected chi connectivity index (χ3v) is 14.7. The molecule has 1 heterocycles. The average Bonchev–Trinajstić information content (AvgIpc) is 3.80. The summed E-state index contributed by atoms with van der Waals surface area (Å²) in [4.78, 5) is 2.45. The topological polar surface area (TPSA) is 8.17 Å². The number of hydrogen-bond acceptors (Lipinski definition) is 1. The standard InChI is InChI=1S/C70H46N2/c1-4-20-49(21-5-1)68-63-31-13-12-29-59(63)60-43-40-52(46-65(60)69(68)50-22-6-2-7-23-50)51-24-16-27-55(45-51)71(66-36-18-33-58-56-28-11-10-19-47(56)39-44-62(58)66)54-41-37-48(38-42-54)57-32-17-34-64-61-30-14-15-35-67(61)72(70(57)64)53-25-8-3-9-26-53/h1-46H. The Hall–Kier alpha value is -9.50. The molecule has 0 atom stereocenters. The third-order valence-electron chi connectivity index (χ3n) is 14.7. The van der Waals surface area contributed by atoms with Crippen molar-refractivity contribution in [1.29, 1.82) is 0 Å². The molecule has 0 saturated carbocycles. The Labute approximate surface area is 418 Å². The van der Waals surface area contributed by atoms with Gasteiger partial charge in [-0.05, 0) is 131 Å². The lowest BCUT2D eigenvalue weighted by Crippen LogP contribution is -2.10. The van der Waals surface area contributed by atoms with E-state index in [2.05, 4.69) is 289 Å². The number of aromatic nitrogens is 1. The van der Waals surface area contributed by atoms with Crippen molar-refractivity contribution in [2.45, 2.75) is 0 Å². The molecule has 0 unspecified atom stereocenters. The minimum absolute atomic E-state index is 1.08. The van der Waals surface area contributed by atoms with Gasteiger partial charge in [0.05, 0.1) is 16.7 Å². The Morgan fingerprint density at radius 3 is 1.57 bits per heavy atom. The van der Waals surface area contributed by atoms with E-state index in [-0.39, 0.29) is 0 Å². The van der Waals surface area contributed by atoms with Crippen LogP contribution in [-0.4, -0.2) is 4.57 Å². The van der Waals surface area contributed by atoms with Crippen molar-refractivity contribution in [2.75, 3.05) is 4.90 Å². The van der Waals surface area contributed by atoms with Gasteiger partial charge < -0.3 is 9.47 Å². The quantitative estimate of drug-likeness (QED) is 0.138. The number of hydrogen-bond donors (Lipinski definition) is 0. The molecule has 0 fully saturated rings. The van der Waals surface area contributed by atoms with Crippen LogP contribution in [0, 0.1) is 0 Å². The lowest BCUT2D eigenvalue weighted by Gasteiger charge is -2.28. The van der Waals surface area contributed by atoms with Crippen LogP contribution < -0.4 is 4.90 Å². The number of para-hydroxylation sites is 3. The zero-order valence-electron chi connectivity index (χ0n) is 39.5. The van der Waals surface area contributed by atoms with Crippen LogP contribution in [0.4, 0.5) is 17.1 Å². The Bertz CT molecular complexity index is 4360. The molecular weight excluding hydrogens is 869 g/mol. The van der Waals surface area contributed by atoms with Crippen LogP contribution in [-0.2, 0) is 0 Å². The van der Waals surface area contributed by atoms with Gasteiger partial charge in [-0.2, -0.15) is 0 Å². The molecule has 0 aliphatic heterocycles. The predicted octanol–water partition coefficient (Wildman–Crippen LogP) is 19.5. The summed E-state index contributed by atoms with van der Waals surface area (Å²) >= 11 is 0. The van der Waals surface area contributed by atoms with Gasteiger partial charge in [0.2, 0.25) is 0 Å². The molecule has 14 aromatic rings. The van der Waals surface area contributed by atoms with E-state index in [1.54, 1.807) is 0 Å². The summed E-state index contributed by atoms with van der Waals surface area (Å²) < 4.78 is 2.42. The molecule has 14 rings (SSSR count). The Morgan fingerprint density at radius 2 is 0.792 bits per heavy atom. The molecule has 2 nitrogen and oxygen atoms in total. The Morgan fingerprint density at radius 1 is 0.264 bits per heavy atom. The summed E-state index contributed by atoms with van der Waals surface area (Å²) in [6.45, 7) is 0. The van der Waals surface area contributed by atoms with E-state index in [1.165, 1.54) is 92.7 Å². The van der Waals surface area contributed by atoms with Crippen molar-refractivity contribution in [3.8, 4) is 50.2 Å². The monoisotopic (exact) mass is 914 g/mol. The molecule has 1 aromatic heterocycles. The maximum atomic E-state index is 2.45. The first kappa shape index (κ1) is 41.5.